The van der Waals surface area contributed by atoms with Crippen molar-refractivity contribution in [1.82, 2.24) is 5.32 Å². The molecule has 4 aromatic rings. The summed E-state index contributed by atoms with van der Waals surface area (Å²) in [6.45, 7) is 0. The van der Waals surface area contributed by atoms with Crippen LogP contribution in [-0.4, -0.2) is 17.0 Å². The van der Waals surface area contributed by atoms with E-state index in [0.717, 1.165) is 14.3 Å². The standard InChI is InChI=1S/C28H20BrNO4S/c29-23-11-5-6-12-25(23)34-20-16-14-19(15-17-20)18-24(28(32)33)30-27(31)22-10-4-7-13-26(22)35-21-8-2-1-3-9-21/h1-18H,(H,30,31)(H,32,33). The Balaban J connectivity index is 1.51. The Hall–Kier alpha value is -3.81. The lowest BCUT2D eigenvalue weighted by Crippen LogP contribution is -2.27. The number of rotatable bonds is 8. The average Bonchev–Trinajstić information content (AvgIpc) is 2.87. The first kappa shape index (κ1) is 24.3. The third-order valence-corrected chi connectivity index (χ3v) is 6.58. The van der Waals surface area contributed by atoms with Gasteiger partial charge in [-0.05, 0) is 76.1 Å². The van der Waals surface area contributed by atoms with Crippen LogP contribution in [0.15, 0.2) is 123 Å². The van der Waals surface area contributed by atoms with Crippen molar-refractivity contribution >= 4 is 45.6 Å². The van der Waals surface area contributed by atoms with E-state index in [1.807, 2.05) is 66.7 Å². The summed E-state index contributed by atoms with van der Waals surface area (Å²) in [5.74, 6) is -0.463. The number of hydrogen-bond donors (Lipinski definition) is 2. The van der Waals surface area contributed by atoms with Crippen molar-refractivity contribution in [3.05, 3.63) is 124 Å². The monoisotopic (exact) mass is 545 g/mol. The molecule has 0 aliphatic rings. The predicted molar refractivity (Wildman–Crippen MR) is 141 cm³/mol. The number of nitrogens with one attached hydrogen (secondary N) is 1. The van der Waals surface area contributed by atoms with Crippen LogP contribution < -0.4 is 10.1 Å². The molecule has 0 aliphatic heterocycles. The number of amides is 1. The maximum atomic E-state index is 13.0. The number of carboxylic acids is 1. The van der Waals surface area contributed by atoms with Gasteiger partial charge in [-0.1, -0.05) is 66.4 Å². The minimum Gasteiger partial charge on any atom is -0.477 e. The van der Waals surface area contributed by atoms with Gasteiger partial charge in [-0.2, -0.15) is 0 Å². The van der Waals surface area contributed by atoms with Crippen LogP contribution in [0.3, 0.4) is 0 Å². The molecule has 2 N–H and O–H groups in total. The van der Waals surface area contributed by atoms with Gasteiger partial charge in [-0.25, -0.2) is 4.79 Å². The summed E-state index contributed by atoms with van der Waals surface area (Å²) in [5.41, 5.74) is 0.772. The Bertz CT molecular complexity index is 1370. The van der Waals surface area contributed by atoms with E-state index in [2.05, 4.69) is 21.2 Å². The van der Waals surface area contributed by atoms with Crippen molar-refractivity contribution < 1.29 is 19.4 Å². The minimum atomic E-state index is -1.24. The second-order valence-corrected chi connectivity index (χ2v) is 9.30. The lowest BCUT2D eigenvalue weighted by molar-refractivity contribution is -0.132. The van der Waals surface area contributed by atoms with Crippen molar-refractivity contribution in [2.75, 3.05) is 0 Å². The molecule has 4 rings (SSSR count). The van der Waals surface area contributed by atoms with Gasteiger partial charge in [-0.15, -0.1) is 0 Å². The first-order valence-corrected chi connectivity index (χ1v) is 12.2. The Morgan fingerprint density at radius 1 is 0.829 bits per heavy atom. The molecule has 174 valence electrons. The van der Waals surface area contributed by atoms with Crippen molar-refractivity contribution in [1.29, 1.82) is 0 Å². The third-order valence-electron chi connectivity index (χ3n) is 4.84. The molecule has 0 saturated heterocycles. The number of carbonyl (C=O) groups excluding carboxylic acids is 1. The predicted octanol–water partition coefficient (Wildman–Crippen LogP) is 7.25. The largest absolute Gasteiger partial charge is 0.477 e. The quantitative estimate of drug-likeness (QED) is 0.228. The van der Waals surface area contributed by atoms with Crippen LogP contribution in [0.4, 0.5) is 0 Å². The number of hydrogen-bond acceptors (Lipinski definition) is 4. The maximum Gasteiger partial charge on any atom is 0.352 e. The van der Waals surface area contributed by atoms with E-state index in [9.17, 15) is 14.7 Å². The number of carboxylic acid groups (broad SMARTS) is 1. The molecule has 0 aliphatic carbocycles. The SMILES string of the molecule is O=C(O)C(=Cc1ccc(Oc2ccccc2Br)cc1)NC(=O)c1ccccc1Sc1ccccc1. The van der Waals surface area contributed by atoms with Crippen LogP contribution >= 0.6 is 27.7 Å². The van der Waals surface area contributed by atoms with Gasteiger partial charge in [0, 0.05) is 9.79 Å². The lowest BCUT2D eigenvalue weighted by Gasteiger charge is -2.11. The van der Waals surface area contributed by atoms with Crippen LogP contribution in [-0.2, 0) is 4.79 Å². The number of para-hydroxylation sites is 1. The normalized spacial score (nSPS) is 11.1. The van der Waals surface area contributed by atoms with Gasteiger partial charge in [0.15, 0.2) is 0 Å². The Labute approximate surface area is 215 Å². The van der Waals surface area contributed by atoms with E-state index < -0.39 is 11.9 Å². The lowest BCUT2D eigenvalue weighted by atomic mass is 10.1. The highest BCUT2D eigenvalue weighted by atomic mass is 79.9. The van der Waals surface area contributed by atoms with E-state index in [4.69, 9.17) is 4.74 Å². The van der Waals surface area contributed by atoms with Crippen molar-refractivity contribution in [2.24, 2.45) is 0 Å². The molecule has 0 spiro atoms. The summed E-state index contributed by atoms with van der Waals surface area (Å²) in [7, 11) is 0. The molecule has 0 fully saturated rings. The van der Waals surface area contributed by atoms with E-state index >= 15 is 0 Å². The van der Waals surface area contributed by atoms with Crippen LogP contribution in [0.1, 0.15) is 15.9 Å². The molecular formula is C28H20BrNO4S. The molecule has 0 saturated carbocycles. The van der Waals surface area contributed by atoms with Gasteiger partial charge in [0.1, 0.15) is 17.2 Å². The topological polar surface area (TPSA) is 75.6 Å². The van der Waals surface area contributed by atoms with Gasteiger partial charge in [0.2, 0.25) is 0 Å². The Morgan fingerprint density at radius 2 is 1.49 bits per heavy atom. The molecule has 1 amide bonds. The fourth-order valence-corrected chi connectivity index (χ4v) is 4.48. The molecule has 35 heavy (non-hydrogen) atoms. The maximum absolute atomic E-state index is 13.0. The second-order valence-electron chi connectivity index (χ2n) is 7.33. The molecule has 0 radical (unpaired) electrons. The van der Waals surface area contributed by atoms with Crippen LogP contribution in [0.2, 0.25) is 0 Å². The van der Waals surface area contributed by atoms with Crippen LogP contribution in [0, 0.1) is 0 Å². The smallest absolute Gasteiger partial charge is 0.352 e. The fourth-order valence-electron chi connectivity index (χ4n) is 3.15. The van der Waals surface area contributed by atoms with E-state index in [1.165, 1.54) is 17.8 Å². The fraction of sp³-hybridized carbons (Fsp3) is 0. The summed E-state index contributed by atoms with van der Waals surface area (Å²) >= 11 is 4.88. The zero-order valence-electron chi connectivity index (χ0n) is 18.4. The van der Waals surface area contributed by atoms with Crippen molar-refractivity contribution in [3.63, 3.8) is 0 Å². The van der Waals surface area contributed by atoms with E-state index in [-0.39, 0.29) is 5.70 Å². The number of benzene rings is 4. The van der Waals surface area contributed by atoms with Gasteiger partial charge in [0.25, 0.3) is 5.91 Å². The first-order valence-electron chi connectivity index (χ1n) is 10.6. The molecule has 0 bridgehead atoms. The zero-order chi connectivity index (χ0) is 24.6. The van der Waals surface area contributed by atoms with Crippen LogP contribution in [0.5, 0.6) is 11.5 Å². The Kier molecular flexibility index (Phi) is 8.03. The second kappa shape index (κ2) is 11.6. The first-order chi connectivity index (χ1) is 17.0. The number of ether oxygens (including phenoxy) is 1. The van der Waals surface area contributed by atoms with Gasteiger partial charge in [0.05, 0.1) is 10.0 Å². The molecule has 0 aromatic heterocycles. The van der Waals surface area contributed by atoms with Crippen LogP contribution in [0.25, 0.3) is 6.08 Å². The summed E-state index contributed by atoms with van der Waals surface area (Å²) in [5, 5.41) is 12.2. The third kappa shape index (κ3) is 6.62. The molecule has 0 unspecified atom stereocenters. The highest BCUT2D eigenvalue weighted by Gasteiger charge is 2.17. The summed E-state index contributed by atoms with van der Waals surface area (Å²) < 4.78 is 6.67. The van der Waals surface area contributed by atoms with Gasteiger partial charge >= 0.3 is 5.97 Å². The van der Waals surface area contributed by atoms with E-state index in [1.54, 1.807) is 36.4 Å². The number of halogens is 1. The highest BCUT2D eigenvalue weighted by molar-refractivity contribution is 9.10. The summed E-state index contributed by atoms with van der Waals surface area (Å²) in [6.07, 6.45) is 1.41. The molecule has 5 nitrogen and oxygen atoms in total. The minimum absolute atomic E-state index is 0.228. The molecule has 7 heteroatoms. The molecule has 4 aromatic carbocycles. The summed E-state index contributed by atoms with van der Waals surface area (Å²) in [4.78, 5) is 26.6. The van der Waals surface area contributed by atoms with E-state index in [0.29, 0.717) is 22.6 Å². The molecular weight excluding hydrogens is 526 g/mol. The molecule has 0 heterocycles. The Morgan fingerprint density at radius 3 is 2.20 bits per heavy atom. The van der Waals surface area contributed by atoms with Gasteiger partial charge < -0.3 is 15.2 Å². The average molecular weight is 546 g/mol. The van der Waals surface area contributed by atoms with Gasteiger partial charge in [-0.3, -0.25) is 4.79 Å². The highest BCUT2D eigenvalue weighted by Crippen LogP contribution is 2.31. The van der Waals surface area contributed by atoms with Crippen molar-refractivity contribution in [2.45, 2.75) is 9.79 Å². The summed E-state index contributed by atoms with van der Waals surface area (Å²) in [6, 6.07) is 31.2. The number of carbonyl (C=O) groups is 2. The zero-order valence-corrected chi connectivity index (χ0v) is 20.8. The molecule has 0 atom stereocenters. The van der Waals surface area contributed by atoms with Crippen molar-refractivity contribution in [3.8, 4) is 11.5 Å². The number of aliphatic carboxylic acids is 1.